The van der Waals surface area contributed by atoms with Crippen molar-refractivity contribution in [3.8, 4) is 5.88 Å². The van der Waals surface area contributed by atoms with Crippen LogP contribution in [0.2, 0.25) is 0 Å². The van der Waals surface area contributed by atoms with Gasteiger partial charge >= 0.3 is 5.97 Å². The molecule has 0 radical (unpaired) electrons. The molecule has 2 atom stereocenters. The minimum Gasteiger partial charge on any atom is -0.477 e. The van der Waals surface area contributed by atoms with Gasteiger partial charge in [0.05, 0.1) is 6.20 Å². The van der Waals surface area contributed by atoms with Crippen LogP contribution in [-0.2, 0) is 0 Å². The van der Waals surface area contributed by atoms with Crippen molar-refractivity contribution in [2.24, 2.45) is 11.8 Å². The topological polar surface area (TPSA) is 59.4 Å². The zero-order valence-corrected chi connectivity index (χ0v) is 11.1. The molecule has 0 spiro atoms. The molecular weight excluding hydrogens is 249 g/mol. The lowest BCUT2D eigenvalue weighted by Gasteiger charge is -2.31. The van der Waals surface area contributed by atoms with Crippen LogP contribution in [-0.4, -0.2) is 22.2 Å². The van der Waals surface area contributed by atoms with Gasteiger partial charge in [0, 0.05) is 0 Å². The Balaban J connectivity index is 2.16. The lowest BCUT2D eigenvalue weighted by Crippen LogP contribution is -2.29. The van der Waals surface area contributed by atoms with Crippen LogP contribution in [0.1, 0.15) is 43.5 Å². The Hall–Kier alpha value is -1.65. The normalized spacial score (nSPS) is 27.0. The Morgan fingerprint density at radius 1 is 1.37 bits per heavy atom. The maximum atomic E-state index is 13.0. The van der Waals surface area contributed by atoms with Crippen molar-refractivity contribution in [2.75, 3.05) is 0 Å². The van der Waals surface area contributed by atoms with Crippen LogP contribution in [0.15, 0.2) is 12.3 Å². The van der Waals surface area contributed by atoms with Crippen LogP contribution in [0, 0.1) is 17.7 Å². The molecule has 0 amide bonds. The van der Waals surface area contributed by atoms with Crippen molar-refractivity contribution >= 4 is 5.97 Å². The SMILES string of the molecule is CC1CC(C)CC(Oc2ncc(F)cc2C(=O)O)C1. The predicted octanol–water partition coefficient (Wildman–Crippen LogP) is 3.12. The first-order valence-corrected chi connectivity index (χ1v) is 6.51. The third-order valence-electron chi connectivity index (χ3n) is 3.46. The standard InChI is InChI=1S/C14H18FNO3/c1-8-3-9(2)5-11(4-8)19-13-12(14(17)18)6-10(15)7-16-13/h6-9,11H,3-5H2,1-2H3,(H,17,18). The van der Waals surface area contributed by atoms with Crippen LogP contribution >= 0.6 is 0 Å². The number of ether oxygens (including phenoxy) is 1. The van der Waals surface area contributed by atoms with Crippen LogP contribution in [0.5, 0.6) is 5.88 Å². The summed E-state index contributed by atoms with van der Waals surface area (Å²) in [4.78, 5) is 14.8. The van der Waals surface area contributed by atoms with Gasteiger partial charge < -0.3 is 9.84 Å². The van der Waals surface area contributed by atoms with E-state index in [0.717, 1.165) is 31.5 Å². The lowest BCUT2D eigenvalue weighted by molar-refractivity contribution is 0.0669. The molecule has 1 saturated carbocycles. The first kappa shape index (κ1) is 13.8. The maximum absolute atomic E-state index is 13.0. The van der Waals surface area contributed by atoms with E-state index in [2.05, 4.69) is 18.8 Å². The highest BCUT2D eigenvalue weighted by molar-refractivity contribution is 5.90. The van der Waals surface area contributed by atoms with Crippen molar-refractivity contribution in [1.29, 1.82) is 0 Å². The van der Waals surface area contributed by atoms with E-state index in [0.29, 0.717) is 11.8 Å². The number of halogens is 1. The van der Waals surface area contributed by atoms with Gasteiger partial charge in [-0.05, 0) is 37.2 Å². The Kier molecular flexibility index (Phi) is 4.02. The van der Waals surface area contributed by atoms with Crippen LogP contribution < -0.4 is 4.74 Å². The first-order valence-electron chi connectivity index (χ1n) is 6.51. The first-order chi connectivity index (χ1) is 8.95. The van der Waals surface area contributed by atoms with Gasteiger partial charge in [-0.1, -0.05) is 13.8 Å². The molecule has 2 unspecified atom stereocenters. The summed E-state index contributed by atoms with van der Waals surface area (Å²) in [6.07, 6.45) is 3.85. The van der Waals surface area contributed by atoms with Crippen molar-refractivity contribution in [3.05, 3.63) is 23.6 Å². The smallest absolute Gasteiger partial charge is 0.341 e. The summed E-state index contributed by atoms with van der Waals surface area (Å²) in [6, 6.07) is 0.945. The van der Waals surface area contributed by atoms with Gasteiger partial charge in [0.15, 0.2) is 0 Å². The monoisotopic (exact) mass is 267 g/mol. The summed E-state index contributed by atoms with van der Waals surface area (Å²) in [5, 5.41) is 9.04. The number of pyridine rings is 1. The van der Waals surface area contributed by atoms with Gasteiger partial charge in [-0.2, -0.15) is 0 Å². The average Bonchev–Trinajstić information content (AvgIpc) is 2.30. The summed E-state index contributed by atoms with van der Waals surface area (Å²) in [6.45, 7) is 4.31. The number of aromatic nitrogens is 1. The second-order valence-corrected chi connectivity index (χ2v) is 5.47. The molecule has 1 fully saturated rings. The van der Waals surface area contributed by atoms with Crippen molar-refractivity contribution in [2.45, 2.75) is 39.2 Å². The zero-order chi connectivity index (χ0) is 14.0. The van der Waals surface area contributed by atoms with Gasteiger partial charge in [-0.3, -0.25) is 0 Å². The Morgan fingerprint density at radius 2 is 2.00 bits per heavy atom. The fraction of sp³-hybridized carbons (Fsp3) is 0.571. The minimum absolute atomic E-state index is 0.0141. The highest BCUT2D eigenvalue weighted by Gasteiger charge is 2.27. The number of carboxylic acid groups (broad SMARTS) is 1. The quantitative estimate of drug-likeness (QED) is 0.914. The van der Waals surface area contributed by atoms with Crippen molar-refractivity contribution < 1.29 is 19.0 Å². The van der Waals surface area contributed by atoms with Crippen LogP contribution in [0.3, 0.4) is 0 Å². The van der Waals surface area contributed by atoms with Gasteiger partial charge in [-0.25, -0.2) is 14.2 Å². The minimum atomic E-state index is -1.22. The summed E-state index contributed by atoms with van der Waals surface area (Å²) in [5.74, 6) is -0.792. The highest BCUT2D eigenvalue weighted by atomic mass is 19.1. The molecule has 0 aliphatic heterocycles. The van der Waals surface area contributed by atoms with E-state index in [1.165, 1.54) is 0 Å². The maximum Gasteiger partial charge on any atom is 0.341 e. The number of aromatic carboxylic acids is 1. The molecule has 4 nitrogen and oxygen atoms in total. The number of carbonyl (C=O) groups is 1. The van der Waals surface area contributed by atoms with E-state index in [-0.39, 0.29) is 17.5 Å². The number of carboxylic acids is 1. The van der Waals surface area contributed by atoms with E-state index in [9.17, 15) is 9.18 Å². The number of hydrogen-bond acceptors (Lipinski definition) is 3. The molecule has 2 rings (SSSR count). The van der Waals surface area contributed by atoms with Crippen molar-refractivity contribution in [1.82, 2.24) is 4.98 Å². The summed E-state index contributed by atoms with van der Waals surface area (Å²) < 4.78 is 18.7. The molecule has 104 valence electrons. The third-order valence-corrected chi connectivity index (χ3v) is 3.46. The lowest BCUT2D eigenvalue weighted by atomic mass is 9.82. The largest absolute Gasteiger partial charge is 0.477 e. The summed E-state index contributed by atoms with van der Waals surface area (Å²) in [5.41, 5.74) is -0.217. The van der Waals surface area contributed by atoms with Crippen LogP contribution in [0.4, 0.5) is 4.39 Å². The van der Waals surface area contributed by atoms with Crippen LogP contribution in [0.25, 0.3) is 0 Å². The van der Waals surface area contributed by atoms with Crippen molar-refractivity contribution in [3.63, 3.8) is 0 Å². The molecule has 0 bridgehead atoms. The average molecular weight is 267 g/mol. The van der Waals surface area contributed by atoms with E-state index in [4.69, 9.17) is 9.84 Å². The number of rotatable bonds is 3. The molecule has 5 heteroatoms. The molecule has 1 aromatic rings. The van der Waals surface area contributed by atoms with E-state index < -0.39 is 11.8 Å². The van der Waals surface area contributed by atoms with Gasteiger partial charge in [0.25, 0.3) is 0 Å². The molecule has 19 heavy (non-hydrogen) atoms. The third kappa shape index (κ3) is 3.43. The number of nitrogens with zero attached hydrogens (tertiary/aromatic N) is 1. The molecule has 0 aromatic carbocycles. The van der Waals surface area contributed by atoms with E-state index >= 15 is 0 Å². The Labute approximate surface area is 111 Å². The predicted molar refractivity (Wildman–Crippen MR) is 67.7 cm³/mol. The Morgan fingerprint density at radius 3 is 2.58 bits per heavy atom. The van der Waals surface area contributed by atoms with Gasteiger partial charge in [0.1, 0.15) is 17.5 Å². The molecule has 0 saturated heterocycles. The van der Waals surface area contributed by atoms with E-state index in [1.807, 2.05) is 0 Å². The fourth-order valence-electron chi connectivity index (χ4n) is 2.80. The number of hydrogen-bond donors (Lipinski definition) is 1. The fourth-order valence-corrected chi connectivity index (χ4v) is 2.80. The second kappa shape index (κ2) is 5.55. The molecule has 1 aliphatic carbocycles. The highest BCUT2D eigenvalue weighted by Crippen LogP contribution is 2.31. The van der Waals surface area contributed by atoms with Gasteiger partial charge in [0.2, 0.25) is 5.88 Å². The Bertz CT molecular complexity index is 468. The summed E-state index contributed by atoms with van der Waals surface area (Å²) in [7, 11) is 0. The molecular formula is C14H18FNO3. The zero-order valence-electron chi connectivity index (χ0n) is 11.1. The second-order valence-electron chi connectivity index (χ2n) is 5.47. The molecule has 1 heterocycles. The van der Waals surface area contributed by atoms with Gasteiger partial charge in [-0.15, -0.1) is 0 Å². The molecule has 1 aliphatic rings. The summed E-state index contributed by atoms with van der Waals surface area (Å²) >= 11 is 0. The molecule has 1 aromatic heterocycles. The van der Waals surface area contributed by atoms with E-state index in [1.54, 1.807) is 0 Å². The molecule has 1 N–H and O–H groups in total.